The van der Waals surface area contributed by atoms with Crippen LogP contribution in [0.2, 0.25) is 0 Å². The number of ether oxygens (including phenoxy) is 2. The summed E-state index contributed by atoms with van der Waals surface area (Å²) in [6, 6.07) is 15.3. The summed E-state index contributed by atoms with van der Waals surface area (Å²) >= 11 is 0. The fraction of sp³-hybridized carbons (Fsp3) is 0.364. The van der Waals surface area contributed by atoms with Crippen LogP contribution in [0.1, 0.15) is 25.0 Å². The van der Waals surface area contributed by atoms with E-state index in [1.807, 2.05) is 106 Å². The molecule has 0 saturated carbocycles. The maximum atomic E-state index is 12.3. The van der Waals surface area contributed by atoms with Crippen molar-refractivity contribution in [2.24, 2.45) is 0 Å². The molecular weight excluding hydrogens is 572 g/mol. The Morgan fingerprint density at radius 2 is 1.67 bits per heavy atom. The van der Waals surface area contributed by atoms with Crippen molar-refractivity contribution in [3.8, 4) is 22.8 Å². The third-order valence-electron chi connectivity index (χ3n) is 8.07. The van der Waals surface area contributed by atoms with Crippen molar-refractivity contribution < 1.29 is 19.4 Å². The second kappa shape index (κ2) is 13.3. The van der Waals surface area contributed by atoms with Crippen molar-refractivity contribution in [2.45, 2.75) is 25.6 Å². The molecule has 3 heterocycles. The lowest BCUT2D eigenvalue weighted by atomic mass is 10.1. The highest BCUT2D eigenvalue weighted by atomic mass is 16.5. The molecule has 4 aromatic rings. The van der Waals surface area contributed by atoms with Gasteiger partial charge >= 0.3 is 6.09 Å². The van der Waals surface area contributed by atoms with Gasteiger partial charge in [-0.05, 0) is 69.9 Å². The number of carbonyl (C=O) groups is 1. The molecule has 2 unspecified atom stereocenters. The molecule has 1 fully saturated rings. The van der Waals surface area contributed by atoms with Crippen LogP contribution in [0.15, 0.2) is 48.5 Å². The van der Waals surface area contributed by atoms with Crippen LogP contribution in [0.4, 0.5) is 16.4 Å². The van der Waals surface area contributed by atoms with E-state index in [-0.39, 0.29) is 12.2 Å². The van der Waals surface area contributed by atoms with Gasteiger partial charge < -0.3 is 24.4 Å². The van der Waals surface area contributed by atoms with Crippen LogP contribution >= 0.6 is 0 Å². The van der Waals surface area contributed by atoms with Crippen LogP contribution in [0.25, 0.3) is 34.3 Å². The third kappa shape index (κ3) is 6.75. The molecule has 2 aromatic heterocycles. The first kappa shape index (κ1) is 31.5. The molecule has 45 heavy (non-hydrogen) atoms. The lowest BCUT2D eigenvalue weighted by Crippen LogP contribution is -2.52. The Hall–Kier alpha value is -4.97. The standard InChI is InChI=1S/C33H40N8O4/c1-21(38(2)3)41(33(42)43)23-16-17-40(20-23)31-19-26(22-12-13-27(44-6)28(18-22)45-7)35-29(36-31)14-15-30-34-25-11-9-8-10-24(25)32(37-30)39(4)5/h8-15,18-19,21,23H,16-17,20H2,1-7H3,(H,42,43). The molecule has 0 spiro atoms. The molecule has 1 saturated heterocycles. The van der Waals surface area contributed by atoms with Gasteiger partial charge in [0.2, 0.25) is 0 Å². The van der Waals surface area contributed by atoms with Gasteiger partial charge in [0.25, 0.3) is 0 Å². The van der Waals surface area contributed by atoms with Crippen LogP contribution in [0.3, 0.4) is 0 Å². The lowest BCUT2D eigenvalue weighted by Gasteiger charge is -2.35. The van der Waals surface area contributed by atoms with Crippen LogP contribution in [-0.2, 0) is 0 Å². The first-order chi connectivity index (χ1) is 21.6. The Morgan fingerprint density at radius 3 is 2.33 bits per heavy atom. The zero-order valence-electron chi connectivity index (χ0n) is 26.8. The number of methoxy groups -OCH3 is 2. The molecular formula is C33H40N8O4. The summed E-state index contributed by atoms with van der Waals surface area (Å²) in [4.78, 5) is 39.1. The van der Waals surface area contributed by atoms with Crippen LogP contribution in [0, 0.1) is 0 Å². The fourth-order valence-corrected chi connectivity index (χ4v) is 5.52. The average molecular weight is 613 g/mol. The number of benzene rings is 2. The number of carboxylic acid groups (broad SMARTS) is 1. The van der Waals surface area contributed by atoms with E-state index in [4.69, 9.17) is 29.4 Å². The molecule has 0 radical (unpaired) electrons. The molecule has 12 heteroatoms. The molecule has 0 bridgehead atoms. The average Bonchev–Trinajstić information content (AvgIpc) is 3.52. The van der Waals surface area contributed by atoms with E-state index in [9.17, 15) is 9.90 Å². The molecule has 236 valence electrons. The molecule has 1 aliphatic heterocycles. The van der Waals surface area contributed by atoms with Gasteiger partial charge in [-0.3, -0.25) is 9.80 Å². The molecule has 2 aromatic carbocycles. The van der Waals surface area contributed by atoms with Crippen molar-refractivity contribution in [2.75, 3.05) is 65.3 Å². The van der Waals surface area contributed by atoms with Crippen molar-refractivity contribution >= 4 is 40.8 Å². The number of para-hydroxylation sites is 1. The van der Waals surface area contributed by atoms with Gasteiger partial charge in [-0.25, -0.2) is 24.7 Å². The lowest BCUT2D eigenvalue weighted by molar-refractivity contribution is 0.0566. The second-order valence-corrected chi connectivity index (χ2v) is 11.4. The first-order valence-electron chi connectivity index (χ1n) is 14.8. The monoisotopic (exact) mass is 612 g/mol. The number of anilines is 2. The van der Waals surface area contributed by atoms with Gasteiger partial charge in [0, 0.05) is 44.2 Å². The summed E-state index contributed by atoms with van der Waals surface area (Å²) in [6.45, 7) is 3.06. The quantitative estimate of drug-likeness (QED) is 0.249. The van der Waals surface area contributed by atoms with Gasteiger partial charge in [-0.15, -0.1) is 0 Å². The van der Waals surface area contributed by atoms with E-state index in [2.05, 4.69) is 4.90 Å². The van der Waals surface area contributed by atoms with Crippen molar-refractivity contribution in [3.63, 3.8) is 0 Å². The van der Waals surface area contributed by atoms with Crippen LogP contribution in [0.5, 0.6) is 11.5 Å². The molecule has 5 rings (SSSR count). The molecule has 12 nitrogen and oxygen atoms in total. The summed E-state index contributed by atoms with van der Waals surface area (Å²) in [5, 5.41) is 11.0. The van der Waals surface area contributed by atoms with E-state index < -0.39 is 6.09 Å². The van der Waals surface area contributed by atoms with Crippen molar-refractivity contribution in [1.82, 2.24) is 29.7 Å². The Balaban J connectivity index is 1.54. The Bertz CT molecular complexity index is 1710. The number of nitrogens with zero attached hydrogens (tertiary/aromatic N) is 8. The summed E-state index contributed by atoms with van der Waals surface area (Å²) in [6.07, 6.45) is 3.10. The number of hydrogen-bond acceptors (Lipinski definition) is 10. The van der Waals surface area contributed by atoms with E-state index in [0.29, 0.717) is 54.2 Å². The topological polar surface area (TPSA) is 120 Å². The van der Waals surface area contributed by atoms with Gasteiger partial charge in [0.1, 0.15) is 11.6 Å². The maximum Gasteiger partial charge on any atom is 0.408 e. The van der Waals surface area contributed by atoms with Crippen molar-refractivity contribution in [3.05, 3.63) is 60.2 Å². The normalized spacial score (nSPS) is 15.6. The molecule has 1 aliphatic rings. The van der Waals surface area contributed by atoms with Gasteiger partial charge in [0.05, 0.1) is 37.6 Å². The fourth-order valence-electron chi connectivity index (χ4n) is 5.52. The summed E-state index contributed by atoms with van der Waals surface area (Å²) < 4.78 is 11.0. The highest BCUT2D eigenvalue weighted by molar-refractivity contribution is 5.90. The number of hydrogen-bond donors (Lipinski definition) is 1. The zero-order chi connectivity index (χ0) is 32.2. The highest BCUT2D eigenvalue weighted by Gasteiger charge is 2.35. The smallest absolute Gasteiger partial charge is 0.408 e. The van der Waals surface area contributed by atoms with Gasteiger partial charge in [0.15, 0.2) is 23.1 Å². The third-order valence-corrected chi connectivity index (χ3v) is 8.07. The highest BCUT2D eigenvalue weighted by Crippen LogP contribution is 2.34. The SMILES string of the molecule is COc1ccc(-c2cc(N3CCC(N(C(=O)O)C(C)N(C)C)C3)nc(C=Cc3nc(N(C)C)c4ccccc4n3)n2)cc1OC. The minimum Gasteiger partial charge on any atom is -0.493 e. The Morgan fingerprint density at radius 1 is 0.956 bits per heavy atom. The molecule has 1 amide bonds. The van der Waals surface area contributed by atoms with E-state index >= 15 is 0 Å². The number of rotatable bonds is 10. The van der Waals surface area contributed by atoms with Crippen molar-refractivity contribution in [1.29, 1.82) is 0 Å². The van der Waals surface area contributed by atoms with Crippen LogP contribution in [-0.4, -0.2) is 109 Å². The van der Waals surface area contributed by atoms with Gasteiger partial charge in [-0.1, -0.05) is 12.1 Å². The minimum atomic E-state index is -0.937. The Labute approximate surface area is 263 Å². The van der Waals surface area contributed by atoms with Crippen LogP contribution < -0.4 is 19.3 Å². The second-order valence-electron chi connectivity index (χ2n) is 11.4. The Kier molecular flexibility index (Phi) is 9.33. The summed E-state index contributed by atoms with van der Waals surface area (Å²) in [5.74, 6) is 3.74. The first-order valence-corrected chi connectivity index (χ1v) is 14.8. The van der Waals surface area contributed by atoms with Gasteiger partial charge in [-0.2, -0.15) is 0 Å². The molecule has 2 atom stereocenters. The van der Waals surface area contributed by atoms with E-state index in [1.54, 1.807) is 14.2 Å². The predicted octanol–water partition coefficient (Wildman–Crippen LogP) is 4.81. The number of amides is 1. The zero-order valence-corrected chi connectivity index (χ0v) is 26.8. The molecule has 0 aliphatic carbocycles. The van der Waals surface area contributed by atoms with E-state index in [1.165, 1.54) is 4.90 Å². The minimum absolute atomic E-state index is 0.186. The number of aromatic nitrogens is 4. The van der Waals surface area contributed by atoms with E-state index in [0.717, 1.165) is 22.3 Å². The maximum absolute atomic E-state index is 12.3. The number of fused-ring (bicyclic) bond motifs is 1. The summed E-state index contributed by atoms with van der Waals surface area (Å²) in [7, 11) is 10.9. The predicted molar refractivity (Wildman–Crippen MR) is 177 cm³/mol. The summed E-state index contributed by atoms with van der Waals surface area (Å²) in [5.41, 5.74) is 2.36. The molecule has 1 N–H and O–H groups in total. The largest absolute Gasteiger partial charge is 0.493 e.